The topological polar surface area (TPSA) is 273 Å². The van der Waals surface area contributed by atoms with Crippen molar-refractivity contribution < 1.29 is 67.1 Å². The number of oxime groups is 2. The molecular weight excluding hydrogens is 1080 g/mol. The van der Waals surface area contributed by atoms with E-state index < -0.39 is 79.4 Å². The normalized spacial score (nSPS) is 19.9. The molecule has 0 aliphatic carbocycles. The number of fused-ring (bicyclic) bond motifs is 4. The molecule has 4 aliphatic heterocycles. The van der Waals surface area contributed by atoms with Gasteiger partial charge in [-0.25, -0.2) is 0 Å². The van der Waals surface area contributed by atoms with E-state index in [9.17, 15) is 37.1 Å². The van der Waals surface area contributed by atoms with Crippen LogP contribution in [0.3, 0.4) is 0 Å². The maximum absolute atomic E-state index is 14.3. The molecule has 4 atom stereocenters. The predicted octanol–water partition coefficient (Wildman–Crippen LogP) is 6.13. The number of nitrogens with zero attached hydrogens (tertiary/aromatic N) is 10. The number of hydrazone groups is 2. The van der Waals surface area contributed by atoms with Gasteiger partial charge in [-0.2, -0.15) is 0 Å². The number of hydrogen-bond acceptors (Lipinski definition) is 18. The van der Waals surface area contributed by atoms with Crippen LogP contribution in [0.15, 0.2) is 140 Å². The van der Waals surface area contributed by atoms with Crippen LogP contribution in [0.25, 0.3) is 21.8 Å². The summed E-state index contributed by atoms with van der Waals surface area (Å²) in [6.07, 6.45) is 1.46. The third kappa shape index (κ3) is 6.94. The molecule has 0 saturated carbocycles. The third-order valence-corrected chi connectivity index (χ3v) is 17.8. The summed E-state index contributed by atoms with van der Waals surface area (Å²) < 4.78 is 71.4. The van der Waals surface area contributed by atoms with Crippen LogP contribution in [0.2, 0.25) is 0 Å². The van der Waals surface area contributed by atoms with Crippen LogP contribution in [0.5, 0.6) is 11.5 Å². The number of aromatic nitrogens is 2. The van der Waals surface area contributed by atoms with Crippen molar-refractivity contribution in [2.24, 2.45) is 32.4 Å². The van der Waals surface area contributed by atoms with Gasteiger partial charge in [0.25, 0.3) is 11.4 Å². The second-order valence-corrected chi connectivity index (χ2v) is 21.5. The molecule has 0 N–H and O–H groups in total. The van der Waals surface area contributed by atoms with Crippen molar-refractivity contribution in [3.8, 4) is 11.5 Å². The molecule has 0 amide bonds. The molecule has 25 heteroatoms. The molecule has 2 aromatic heterocycles. The summed E-state index contributed by atoms with van der Waals surface area (Å²) in [5.41, 5.74) is 2.20. The van der Waals surface area contributed by atoms with Crippen molar-refractivity contribution in [3.63, 3.8) is 0 Å². The van der Waals surface area contributed by atoms with Gasteiger partial charge in [0.2, 0.25) is 0 Å². The second-order valence-electron chi connectivity index (χ2n) is 14.9. The first-order valence-corrected chi connectivity index (χ1v) is 26.8. The van der Waals surface area contributed by atoms with Gasteiger partial charge in [-0.3, -0.25) is 20.2 Å². The Bertz CT molecular complexity index is 3150. The zero-order valence-corrected chi connectivity index (χ0v) is 40.7. The number of nitro benzene ring substituents is 2. The number of sulfonamides is 2. The standard InChI is InChI=1S/2C20H15N5O6S.Hg/c2*1-11-17-19(12-4-6-13(7-5-12)25(27)28)31-23-20(17)24(22-11)32(29,30)16-9-8-15(26)18-14(16)3-2-10-21-18;/h2*2-10,17,19,26H,1H3;/q;;+2/p-2. The number of nitro groups is 2. The van der Waals surface area contributed by atoms with Crippen molar-refractivity contribution in [1.29, 1.82) is 0 Å². The van der Waals surface area contributed by atoms with Gasteiger partial charge < -0.3 is 0 Å². The van der Waals surface area contributed by atoms with Crippen molar-refractivity contribution in [2.75, 3.05) is 0 Å². The monoisotopic (exact) mass is 1110 g/mol. The van der Waals surface area contributed by atoms with E-state index in [2.05, 4.69) is 30.5 Å². The van der Waals surface area contributed by atoms with Gasteiger partial charge in [-0.05, 0) is 0 Å². The number of rotatable bonds is 12. The molecule has 10 rings (SSSR count). The summed E-state index contributed by atoms with van der Waals surface area (Å²) in [4.78, 5) is 41.3. The van der Waals surface area contributed by atoms with Crippen LogP contribution in [0.1, 0.15) is 37.2 Å². The summed E-state index contributed by atoms with van der Waals surface area (Å²) in [5.74, 6) is -0.740. The van der Waals surface area contributed by atoms with Gasteiger partial charge in [-0.1, -0.05) is 0 Å². The van der Waals surface area contributed by atoms with Crippen LogP contribution in [-0.2, 0) is 55.2 Å². The Kier molecular flexibility index (Phi) is 10.2. The molecule has 0 saturated heterocycles. The number of amidine groups is 2. The SMILES string of the molecule is CC1=NN(S(=O)(=O)c2ccc([O][Hg][O]c3ccc(S(=O)(=O)N4N=C(C)C5C4=NOC5c4ccc([N+](=O)[O-])cc4)c4cccnc34)c3ncccc23)C2=NOC(c3ccc([N+](=O)[O-])cc3)C12. The van der Waals surface area contributed by atoms with E-state index in [0.29, 0.717) is 22.6 Å². The molecule has 0 bridgehead atoms. The summed E-state index contributed by atoms with van der Waals surface area (Å²) in [7, 11) is -8.79. The summed E-state index contributed by atoms with van der Waals surface area (Å²) in [5, 5.41) is 39.8. The number of non-ortho nitro benzene ring substituents is 2. The van der Waals surface area contributed by atoms with E-state index in [0.717, 1.165) is 8.83 Å². The molecule has 0 fully saturated rings. The second kappa shape index (κ2) is 15.8. The van der Waals surface area contributed by atoms with Crippen LogP contribution >= 0.6 is 0 Å². The Labute approximate surface area is 380 Å². The molecule has 6 heterocycles. The average Bonchev–Trinajstić information content (AvgIpc) is 4.10. The maximum atomic E-state index is 14.3. The molecule has 0 spiro atoms. The third-order valence-electron chi connectivity index (χ3n) is 11.2. The van der Waals surface area contributed by atoms with E-state index in [1.807, 2.05) is 0 Å². The van der Waals surface area contributed by atoms with Gasteiger partial charge in [0, 0.05) is 24.3 Å². The zero-order chi connectivity index (χ0) is 45.4. The first-order chi connectivity index (χ1) is 31.2. The molecule has 4 aliphatic rings. The Morgan fingerprint density at radius 2 is 1.00 bits per heavy atom. The molecule has 6 aromatic rings. The Balaban J connectivity index is 0.866. The van der Waals surface area contributed by atoms with Crippen LogP contribution in [0.4, 0.5) is 11.4 Å². The fourth-order valence-electron chi connectivity index (χ4n) is 8.06. The molecule has 324 valence electrons. The average molecular weight is 1110 g/mol. The van der Waals surface area contributed by atoms with Gasteiger partial charge in [0.15, 0.2) is 0 Å². The minimum atomic E-state index is -4.40. The first-order valence-electron chi connectivity index (χ1n) is 19.4. The van der Waals surface area contributed by atoms with Gasteiger partial charge >= 0.3 is 317 Å². The van der Waals surface area contributed by atoms with Gasteiger partial charge in [0.1, 0.15) is 0 Å². The predicted molar refractivity (Wildman–Crippen MR) is 225 cm³/mol. The molecule has 65 heavy (non-hydrogen) atoms. The number of benzene rings is 4. The van der Waals surface area contributed by atoms with E-state index in [1.165, 1.54) is 85.2 Å². The van der Waals surface area contributed by atoms with E-state index in [4.69, 9.17) is 15.0 Å². The fraction of sp³-hybridized carbons (Fsp3) is 0.150. The molecule has 0 radical (unpaired) electrons. The van der Waals surface area contributed by atoms with Crippen LogP contribution in [0, 0.1) is 32.1 Å². The summed E-state index contributed by atoms with van der Waals surface area (Å²) >= 11 is -2.92. The van der Waals surface area contributed by atoms with E-state index >= 15 is 0 Å². The summed E-state index contributed by atoms with van der Waals surface area (Å²) in [6, 6.07) is 23.5. The van der Waals surface area contributed by atoms with Crippen molar-refractivity contribution >= 4 is 76.3 Å². The molecule has 4 unspecified atom stereocenters. The minimum absolute atomic E-state index is 0.0372. The summed E-state index contributed by atoms with van der Waals surface area (Å²) in [6.45, 7) is 3.30. The van der Waals surface area contributed by atoms with Crippen molar-refractivity contribution in [3.05, 3.63) is 141 Å². The zero-order valence-electron chi connectivity index (χ0n) is 33.6. The molecular formula is C40H28HgN10O12S2. The van der Waals surface area contributed by atoms with Crippen LogP contribution < -0.4 is 5.29 Å². The number of pyridine rings is 2. The van der Waals surface area contributed by atoms with Crippen molar-refractivity contribution in [2.45, 2.75) is 35.8 Å². The van der Waals surface area contributed by atoms with Crippen molar-refractivity contribution in [1.82, 2.24) is 18.8 Å². The molecule has 22 nitrogen and oxygen atoms in total. The Hall–Kier alpha value is -7.18. The molecule has 4 aromatic carbocycles. The Morgan fingerprint density at radius 3 is 1.38 bits per heavy atom. The number of hydrogen-bond donors (Lipinski definition) is 0. The quantitative estimate of drug-likeness (QED) is 0.0758. The van der Waals surface area contributed by atoms with E-state index in [-0.39, 0.29) is 66.1 Å². The first kappa shape index (κ1) is 41.8. The fourth-order valence-corrected chi connectivity index (χ4v) is 14.1. The van der Waals surface area contributed by atoms with E-state index in [1.54, 1.807) is 38.1 Å². The van der Waals surface area contributed by atoms with Gasteiger partial charge in [-0.15, -0.1) is 0 Å². The van der Waals surface area contributed by atoms with Crippen LogP contribution in [-0.4, -0.2) is 68.6 Å². The van der Waals surface area contributed by atoms with Gasteiger partial charge in [0.05, 0.1) is 9.85 Å². The Morgan fingerprint density at radius 1 is 0.600 bits per heavy atom.